The van der Waals surface area contributed by atoms with Crippen molar-refractivity contribution < 1.29 is 9.05 Å². The first-order valence-corrected chi connectivity index (χ1v) is 21.2. The molecule has 0 spiro atoms. The molecule has 0 bridgehead atoms. The summed E-state index contributed by atoms with van der Waals surface area (Å²) in [5, 5.41) is 19.3. The van der Waals surface area contributed by atoms with Crippen molar-refractivity contribution in [2.75, 3.05) is 0 Å². The van der Waals surface area contributed by atoms with Gasteiger partial charge in [0.25, 0.3) is 0 Å². The molecule has 0 saturated heterocycles. The van der Waals surface area contributed by atoms with Crippen LogP contribution in [0.5, 0.6) is 0 Å². The van der Waals surface area contributed by atoms with Gasteiger partial charge in [0, 0.05) is 72.6 Å². The zero-order chi connectivity index (χ0) is 47.7. The Bertz CT molecular complexity index is 1930. The minimum atomic E-state index is -0.0265. The average Bonchev–Trinajstić information content (AvgIpc) is 3.92. The predicted molar refractivity (Wildman–Crippen MR) is 249 cm³/mol. The van der Waals surface area contributed by atoms with Crippen molar-refractivity contribution in [2.45, 2.75) is 191 Å². The largest absolute Gasteiger partial charge is 0.340 e. The van der Waals surface area contributed by atoms with Gasteiger partial charge >= 0.3 is 0 Å². The lowest BCUT2D eigenvalue weighted by Crippen LogP contribution is -2.13. The van der Waals surface area contributed by atoms with Crippen molar-refractivity contribution in [2.24, 2.45) is 0 Å². The van der Waals surface area contributed by atoms with Gasteiger partial charge in [0.05, 0.1) is 18.1 Å². The van der Waals surface area contributed by atoms with Crippen LogP contribution in [0.15, 0.2) is 71.0 Å². The fourth-order valence-corrected chi connectivity index (χ4v) is 4.81. The molecule has 0 N–H and O–H groups in total. The summed E-state index contributed by atoms with van der Waals surface area (Å²) in [5.74, 6) is 2.80. The van der Waals surface area contributed by atoms with Crippen molar-refractivity contribution in [1.82, 2.24) is 60.2 Å². The zero-order valence-corrected chi connectivity index (χ0v) is 42.2. The molecule has 6 rings (SSSR count). The van der Waals surface area contributed by atoms with Gasteiger partial charge in [-0.05, 0) is 59.8 Å². The predicted octanol–water partition coefficient (Wildman–Crippen LogP) is 11.2. The van der Waals surface area contributed by atoms with E-state index in [0.717, 1.165) is 18.1 Å². The summed E-state index contributed by atoms with van der Waals surface area (Å²) < 4.78 is 11.8. The Morgan fingerprint density at radius 1 is 0.532 bits per heavy atom. The SMILES string of the molecule is CC(C)(C)c1ccnnc1.CC(C)(C)c1cnccn1.CC(C)(C)c1cncnc1.CCn1ncc(C(C)(C)C)c1C.Cc1nc(C(C)(C)C)no1.Cc1noc(C(C)(C)C)n1. The molecule has 0 fully saturated rings. The van der Waals surface area contributed by atoms with E-state index in [4.69, 9.17) is 9.05 Å². The van der Waals surface area contributed by atoms with E-state index in [1.54, 1.807) is 44.2 Å². The first-order valence-electron chi connectivity index (χ1n) is 21.2. The molecule has 0 aliphatic heterocycles. The van der Waals surface area contributed by atoms with Crippen LogP contribution < -0.4 is 0 Å². The van der Waals surface area contributed by atoms with Gasteiger partial charge in [0.2, 0.25) is 11.8 Å². The summed E-state index contributed by atoms with van der Waals surface area (Å²) in [6, 6.07) is 1.99. The van der Waals surface area contributed by atoms with E-state index < -0.39 is 0 Å². The Labute approximate surface area is 373 Å². The Morgan fingerprint density at radius 3 is 1.39 bits per heavy atom. The van der Waals surface area contributed by atoms with Crippen LogP contribution in [0, 0.1) is 20.8 Å². The first kappa shape index (κ1) is 54.7. The Balaban J connectivity index is 0.000000372. The smallest absolute Gasteiger partial charge is 0.232 e. The molecule has 0 amide bonds. The molecule has 0 aliphatic carbocycles. The summed E-state index contributed by atoms with van der Waals surface area (Å²) in [7, 11) is 0. The van der Waals surface area contributed by atoms with Gasteiger partial charge in [-0.1, -0.05) is 135 Å². The summed E-state index contributed by atoms with van der Waals surface area (Å²) in [6.45, 7) is 47.0. The van der Waals surface area contributed by atoms with Crippen molar-refractivity contribution in [3.63, 3.8) is 0 Å². The van der Waals surface area contributed by atoms with Crippen molar-refractivity contribution in [3.05, 3.63) is 113 Å². The molecule has 0 radical (unpaired) electrons. The first-order chi connectivity index (χ1) is 28.3. The van der Waals surface area contributed by atoms with Gasteiger partial charge in [-0.25, -0.2) is 9.97 Å². The third-order valence-electron chi connectivity index (χ3n) is 8.79. The van der Waals surface area contributed by atoms with Crippen LogP contribution >= 0.6 is 0 Å². The van der Waals surface area contributed by atoms with E-state index in [0.29, 0.717) is 17.6 Å². The van der Waals surface area contributed by atoms with Crippen molar-refractivity contribution in [3.8, 4) is 0 Å². The Morgan fingerprint density at radius 2 is 1.13 bits per heavy atom. The number of rotatable bonds is 1. The van der Waals surface area contributed by atoms with E-state index in [-0.39, 0.29) is 32.5 Å². The van der Waals surface area contributed by atoms with Gasteiger partial charge in [-0.2, -0.15) is 25.3 Å². The molecule has 0 saturated carbocycles. The second kappa shape index (κ2) is 23.3. The molecule has 6 heterocycles. The highest BCUT2D eigenvalue weighted by Crippen LogP contribution is 2.25. The molecule has 6 aromatic rings. The van der Waals surface area contributed by atoms with Gasteiger partial charge in [0.15, 0.2) is 11.6 Å². The summed E-state index contributed by atoms with van der Waals surface area (Å²) in [5.41, 5.74) is 6.75. The average molecular weight is 855 g/mol. The lowest BCUT2D eigenvalue weighted by atomic mass is 9.88. The van der Waals surface area contributed by atoms with Crippen LogP contribution in [-0.4, -0.2) is 60.2 Å². The van der Waals surface area contributed by atoms with E-state index in [2.05, 4.69) is 173 Å². The minimum absolute atomic E-state index is 0.00222. The summed E-state index contributed by atoms with van der Waals surface area (Å²) in [4.78, 5) is 24.3. The normalized spacial score (nSPS) is 11.8. The van der Waals surface area contributed by atoms with Crippen molar-refractivity contribution >= 4 is 0 Å². The van der Waals surface area contributed by atoms with Gasteiger partial charge in [0.1, 0.15) is 6.33 Å². The maximum atomic E-state index is 4.97. The highest BCUT2D eigenvalue weighted by atomic mass is 16.5. The molecule has 14 nitrogen and oxygen atoms in total. The molecule has 14 heteroatoms. The lowest BCUT2D eigenvalue weighted by molar-refractivity contribution is 0.319. The van der Waals surface area contributed by atoms with Gasteiger partial charge in [-0.3, -0.25) is 14.6 Å². The maximum Gasteiger partial charge on any atom is 0.232 e. The molecular formula is C48H78N12O2. The fraction of sp³-hybridized carbons (Fsp3) is 0.604. The number of nitrogens with zero attached hydrogens (tertiary/aromatic N) is 12. The summed E-state index contributed by atoms with van der Waals surface area (Å²) >= 11 is 0. The Hall–Kier alpha value is -5.27. The Kier molecular flexibility index (Phi) is 20.5. The molecule has 0 aromatic carbocycles. The van der Waals surface area contributed by atoms with Crippen LogP contribution in [0.2, 0.25) is 0 Å². The molecule has 0 aliphatic rings. The van der Waals surface area contributed by atoms with E-state index in [1.807, 2.05) is 57.0 Å². The second-order valence-electron chi connectivity index (χ2n) is 21.1. The van der Waals surface area contributed by atoms with Crippen LogP contribution in [-0.2, 0) is 39.0 Å². The molecule has 6 aromatic heterocycles. The van der Waals surface area contributed by atoms with Gasteiger partial charge in [-0.15, -0.1) is 0 Å². The molecule has 0 atom stereocenters. The third-order valence-corrected chi connectivity index (χ3v) is 8.79. The molecule has 0 unspecified atom stereocenters. The van der Waals surface area contributed by atoms with Crippen LogP contribution in [0.4, 0.5) is 0 Å². The van der Waals surface area contributed by atoms with E-state index in [9.17, 15) is 0 Å². The monoisotopic (exact) mass is 855 g/mol. The number of aryl methyl sites for hydroxylation is 3. The zero-order valence-electron chi connectivity index (χ0n) is 42.2. The van der Waals surface area contributed by atoms with Crippen LogP contribution in [0.3, 0.4) is 0 Å². The standard InChI is InChI=1S/C10H18N2.3C8H12N2.2C7H12N2O/c1-6-12-8(2)9(7-11-12)10(3,4)5;1-8(2,3)7-4-9-6-10-5-7;1-8(2,3)7-6-9-4-5-10-7;1-8(2,3)7-4-5-9-10-6-7;1-5-8-6(9-10-5)7(2,3)4;1-5-8-6(10-9-5)7(2,3)4/h7H,6H2,1-5H3;3*4-6H,1-3H3;2*1-4H3. The summed E-state index contributed by atoms with van der Waals surface area (Å²) in [6.07, 6.45) is 16.0. The number of hydrogen-bond donors (Lipinski definition) is 0. The topological polar surface area (TPSA) is 173 Å². The number of aromatic nitrogens is 12. The lowest BCUT2D eigenvalue weighted by Gasteiger charge is -2.17. The molecule has 62 heavy (non-hydrogen) atoms. The number of hydrogen-bond acceptors (Lipinski definition) is 13. The minimum Gasteiger partial charge on any atom is -0.340 e. The molecular weight excluding hydrogens is 777 g/mol. The molecule has 342 valence electrons. The second-order valence-corrected chi connectivity index (χ2v) is 21.1. The highest BCUT2D eigenvalue weighted by molar-refractivity contribution is 5.24. The third kappa shape index (κ3) is 20.5. The van der Waals surface area contributed by atoms with Crippen molar-refractivity contribution in [1.29, 1.82) is 0 Å². The van der Waals surface area contributed by atoms with E-state index in [1.165, 1.54) is 22.4 Å². The van der Waals surface area contributed by atoms with Crippen LogP contribution in [0.25, 0.3) is 0 Å². The van der Waals surface area contributed by atoms with E-state index >= 15 is 0 Å². The highest BCUT2D eigenvalue weighted by Gasteiger charge is 2.22. The fourth-order valence-electron chi connectivity index (χ4n) is 4.81. The maximum absolute atomic E-state index is 4.97. The van der Waals surface area contributed by atoms with Gasteiger partial charge < -0.3 is 9.05 Å². The van der Waals surface area contributed by atoms with Crippen LogP contribution in [0.1, 0.15) is 183 Å². The quantitative estimate of drug-likeness (QED) is 0.153.